The van der Waals surface area contributed by atoms with Crippen LogP contribution in [0.2, 0.25) is 0 Å². The first-order valence-electron chi connectivity index (χ1n) is 8.89. The molecule has 3 nitrogen and oxygen atoms in total. The van der Waals surface area contributed by atoms with Gasteiger partial charge in [-0.2, -0.15) is 0 Å². The average Bonchev–Trinajstić information content (AvgIpc) is 2.72. The predicted octanol–water partition coefficient (Wildman–Crippen LogP) is 6.51. The first-order valence-corrected chi connectivity index (χ1v) is 8.89. The fraction of sp³-hybridized carbons (Fsp3) is 0.125. The molecule has 0 atom stereocenters. The number of phenols is 2. The molecule has 0 bridgehead atoms. The highest BCUT2D eigenvalue weighted by Gasteiger charge is 1.95. The van der Waals surface area contributed by atoms with Crippen LogP contribution >= 0.6 is 0 Å². The van der Waals surface area contributed by atoms with Gasteiger partial charge in [0.25, 0.3) is 0 Å². The standard InChI is InChI=1S/C15H13NO.C7H8O.C2H6/c1-2-12-7-9-13(10-8-12)11-16-14-5-3-4-6-15(14)17;1-6-4-2-3-5-7(6)8;1-2/h2-11,17H,1H2;2-5,8H,1H3;1-2H3. The Kier molecular flexibility index (Phi) is 9.72. The molecule has 2 N–H and O–H groups in total. The predicted molar refractivity (Wildman–Crippen MR) is 116 cm³/mol. The van der Waals surface area contributed by atoms with Crippen molar-refractivity contribution in [2.24, 2.45) is 4.99 Å². The van der Waals surface area contributed by atoms with Gasteiger partial charge in [0, 0.05) is 6.21 Å². The molecular weight excluding hydrogens is 334 g/mol. The Labute approximate surface area is 162 Å². The molecule has 27 heavy (non-hydrogen) atoms. The smallest absolute Gasteiger partial charge is 0.141 e. The number of nitrogens with zero attached hydrogens (tertiary/aromatic N) is 1. The normalized spacial score (nSPS) is 9.59. The van der Waals surface area contributed by atoms with Gasteiger partial charge in [-0.25, -0.2) is 0 Å². The molecule has 140 valence electrons. The minimum absolute atomic E-state index is 0.187. The number of phenolic OH excluding ortho intramolecular Hbond substituents is 2. The maximum absolute atomic E-state index is 9.54. The first kappa shape index (κ1) is 21.7. The Bertz CT molecular complexity index is 831. The van der Waals surface area contributed by atoms with Crippen LogP contribution < -0.4 is 0 Å². The van der Waals surface area contributed by atoms with Crippen molar-refractivity contribution in [2.75, 3.05) is 0 Å². The van der Waals surface area contributed by atoms with Crippen LogP contribution in [0.25, 0.3) is 6.08 Å². The van der Waals surface area contributed by atoms with Crippen molar-refractivity contribution in [3.63, 3.8) is 0 Å². The number of aryl methyl sites for hydroxylation is 1. The zero-order chi connectivity index (χ0) is 20.1. The van der Waals surface area contributed by atoms with Gasteiger partial charge < -0.3 is 10.2 Å². The molecule has 0 radical (unpaired) electrons. The molecule has 0 fully saturated rings. The van der Waals surface area contributed by atoms with Gasteiger partial charge >= 0.3 is 0 Å². The lowest BCUT2D eigenvalue weighted by atomic mass is 10.1. The number of aliphatic imine (C=N–C) groups is 1. The summed E-state index contributed by atoms with van der Waals surface area (Å²) in [6.45, 7) is 9.57. The van der Waals surface area contributed by atoms with Crippen molar-refractivity contribution >= 4 is 18.0 Å². The molecule has 0 aliphatic heterocycles. The molecule has 0 saturated carbocycles. The van der Waals surface area contributed by atoms with Crippen LogP contribution in [0, 0.1) is 6.92 Å². The molecule has 0 heterocycles. The lowest BCUT2D eigenvalue weighted by Gasteiger charge is -1.98. The molecule has 0 saturated heterocycles. The molecule has 0 spiro atoms. The molecule has 0 unspecified atom stereocenters. The number of hydrogen-bond donors (Lipinski definition) is 2. The second-order valence-electron chi connectivity index (χ2n) is 5.40. The SMILES string of the molecule is C=Cc1ccc(C=Nc2ccccc2O)cc1.CC.Cc1ccccc1O. The molecule has 0 aromatic heterocycles. The lowest BCUT2D eigenvalue weighted by Crippen LogP contribution is -1.80. The maximum atomic E-state index is 9.54. The number of benzene rings is 3. The van der Waals surface area contributed by atoms with Crippen LogP contribution in [0.5, 0.6) is 11.5 Å². The quantitative estimate of drug-likeness (QED) is 0.522. The van der Waals surface area contributed by atoms with Crippen LogP contribution in [-0.4, -0.2) is 16.4 Å². The summed E-state index contributed by atoms with van der Waals surface area (Å²) in [4.78, 5) is 4.23. The molecule has 0 aliphatic rings. The number of aromatic hydroxyl groups is 2. The third-order valence-electron chi connectivity index (χ3n) is 3.52. The van der Waals surface area contributed by atoms with E-state index in [9.17, 15) is 5.11 Å². The van der Waals surface area contributed by atoms with Crippen LogP contribution in [0.4, 0.5) is 5.69 Å². The van der Waals surface area contributed by atoms with Gasteiger partial charge in [-0.05, 0) is 41.8 Å². The Hall–Kier alpha value is -3.33. The topological polar surface area (TPSA) is 52.8 Å². The Morgan fingerprint density at radius 3 is 1.74 bits per heavy atom. The van der Waals surface area contributed by atoms with Gasteiger partial charge in [0.15, 0.2) is 0 Å². The van der Waals surface area contributed by atoms with Gasteiger partial charge in [-0.1, -0.05) is 81.1 Å². The Balaban J connectivity index is 0.000000305. The second kappa shape index (κ2) is 12.1. The van der Waals surface area contributed by atoms with E-state index in [4.69, 9.17) is 5.11 Å². The van der Waals surface area contributed by atoms with Gasteiger partial charge in [-0.3, -0.25) is 4.99 Å². The average molecular weight is 361 g/mol. The summed E-state index contributed by atoms with van der Waals surface area (Å²) in [6, 6.07) is 22.1. The molecule has 3 rings (SSSR count). The third kappa shape index (κ3) is 7.61. The van der Waals surface area contributed by atoms with Crippen LogP contribution in [0.3, 0.4) is 0 Å². The van der Waals surface area contributed by atoms with Crippen molar-refractivity contribution in [1.29, 1.82) is 0 Å². The zero-order valence-electron chi connectivity index (χ0n) is 16.1. The monoisotopic (exact) mass is 361 g/mol. The van der Waals surface area contributed by atoms with Crippen LogP contribution in [0.15, 0.2) is 84.4 Å². The molecule has 3 aromatic carbocycles. The highest BCUT2D eigenvalue weighted by Crippen LogP contribution is 2.24. The van der Waals surface area contributed by atoms with Gasteiger partial charge in [0.05, 0.1) is 0 Å². The minimum Gasteiger partial charge on any atom is -0.508 e. The van der Waals surface area contributed by atoms with Gasteiger partial charge in [-0.15, -0.1) is 0 Å². The maximum Gasteiger partial charge on any atom is 0.141 e. The van der Waals surface area contributed by atoms with Gasteiger partial charge in [0.2, 0.25) is 0 Å². The molecule has 0 aliphatic carbocycles. The second-order valence-corrected chi connectivity index (χ2v) is 5.40. The van der Waals surface area contributed by atoms with E-state index in [-0.39, 0.29) is 5.75 Å². The van der Waals surface area contributed by atoms with E-state index in [1.807, 2.05) is 69.3 Å². The largest absolute Gasteiger partial charge is 0.508 e. The molecule has 3 heteroatoms. The van der Waals surface area contributed by atoms with Crippen molar-refractivity contribution in [3.05, 3.63) is 96.1 Å². The van der Waals surface area contributed by atoms with Crippen LogP contribution in [0.1, 0.15) is 30.5 Å². The van der Waals surface area contributed by atoms with Gasteiger partial charge in [0.1, 0.15) is 17.2 Å². The van der Waals surface area contributed by atoms with Crippen LogP contribution in [-0.2, 0) is 0 Å². The zero-order valence-corrected chi connectivity index (χ0v) is 16.1. The summed E-state index contributed by atoms with van der Waals surface area (Å²) in [5.41, 5.74) is 3.55. The third-order valence-corrected chi connectivity index (χ3v) is 3.52. The van der Waals surface area contributed by atoms with E-state index in [1.165, 1.54) is 0 Å². The summed E-state index contributed by atoms with van der Waals surface area (Å²) in [7, 11) is 0. The van der Waals surface area contributed by atoms with Crippen molar-refractivity contribution in [1.82, 2.24) is 0 Å². The van der Waals surface area contributed by atoms with E-state index in [2.05, 4.69) is 11.6 Å². The first-order chi connectivity index (χ1) is 13.1. The summed E-state index contributed by atoms with van der Waals surface area (Å²) < 4.78 is 0. The highest BCUT2D eigenvalue weighted by molar-refractivity contribution is 5.83. The number of para-hydroxylation sites is 3. The Morgan fingerprint density at radius 1 is 0.741 bits per heavy atom. The highest BCUT2D eigenvalue weighted by atomic mass is 16.3. The van der Waals surface area contributed by atoms with E-state index in [1.54, 1.807) is 36.6 Å². The lowest BCUT2D eigenvalue weighted by molar-refractivity contribution is 0.471. The Morgan fingerprint density at radius 2 is 1.26 bits per heavy atom. The molecule has 0 amide bonds. The summed E-state index contributed by atoms with van der Waals surface area (Å²) in [6.07, 6.45) is 3.52. The number of hydrogen-bond acceptors (Lipinski definition) is 3. The molecule has 3 aromatic rings. The van der Waals surface area contributed by atoms with E-state index < -0.39 is 0 Å². The summed E-state index contributed by atoms with van der Waals surface area (Å²) in [5.74, 6) is 0.555. The fourth-order valence-electron chi connectivity index (χ4n) is 2.00. The number of rotatable bonds is 3. The minimum atomic E-state index is 0.187. The van der Waals surface area contributed by atoms with E-state index in [0.29, 0.717) is 11.4 Å². The molecular formula is C24H27NO2. The van der Waals surface area contributed by atoms with Crippen molar-refractivity contribution in [2.45, 2.75) is 20.8 Å². The summed E-state index contributed by atoms with van der Waals surface area (Å²) in [5, 5.41) is 18.5. The van der Waals surface area contributed by atoms with Crippen molar-refractivity contribution in [3.8, 4) is 11.5 Å². The van der Waals surface area contributed by atoms with E-state index in [0.717, 1.165) is 16.7 Å². The van der Waals surface area contributed by atoms with E-state index >= 15 is 0 Å². The summed E-state index contributed by atoms with van der Waals surface area (Å²) >= 11 is 0. The van der Waals surface area contributed by atoms with Crippen molar-refractivity contribution < 1.29 is 10.2 Å². The fourth-order valence-corrected chi connectivity index (χ4v) is 2.00.